The maximum Gasteiger partial charge on any atom is 0.242 e. The normalized spacial score (nSPS) is 31.4. The van der Waals surface area contributed by atoms with Gasteiger partial charge in [-0.3, -0.25) is 4.79 Å². The first-order valence-electron chi connectivity index (χ1n) is 12.1. The SMILES string of the molecule is CC1(C)O[C@@](C)([C@H]2CC3(CCN(C(=O)Cn4ccc5ccc(F)cc54)CC3)CO2)CC[C@@H]1O. The Hall–Kier alpha value is -1.96. The predicted octanol–water partition coefficient (Wildman–Crippen LogP) is 3.89. The first-order chi connectivity index (χ1) is 15.6. The Morgan fingerprint density at radius 1 is 1.18 bits per heavy atom. The van der Waals surface area contributed by atoms with Gasteiger partial charge in [0.05, 0.1) is 35.5 Å². The average molecular weight is 459 g/mol. The van der Waals surface area contributed by atoms with Crippen LogP contribution in [0.5, 0.6) is 0 Å². The summed E-state index contributed by atoms with van der Waals surface area (Å²) >= 11 is 0. The lowest BCUT2D eigenvalue weighted by atomic mass is 9.73. The molecule has 1 aromatic heterocycles. The van der Waals surface area contributed by atoms with Gasteiger partial charge in [0.1, 0.15) is 12.4 Å². The molecule has 2 aromatic rings. The van der Waals surface area contributed by atoms with Crippen molar-refractivity contribution < 1.29 is 23.8 Å². The average Bonchev–Trinajstić information content (AvgIpc) is 3.36. The van der Waals surface area contributed by atoms with Crippen LogP contribution in [0.4, 0.5) is 4.39 Å². The molecule has 4 heterocycles. The van der Waals surface area contributed by atoms with Gasteiger partial charge >= 0.3 is 0 Å². The summed E-state index contributed by atoms with van der Waals surface area (Å²) in [6, 6.07) is 6.58. The third kappa shape index (κ3) is 4.19. The highest BCUT2D eigenvalue weighted by atomic mass is 19.1. The maximum absolute atomic E-state index is 13.7. The lowest BCUT2D eigenvalue weighted by Gasteiger charge is -2.48. The van der Waals surface area contributed by atoms with E-state index in [0.29, 0.717) is 19.7 Å². The first-order valence-corrected chi connectivity index (χ1v) is 12.1. The van der Waals surface area contributed by atoms with Crippen LogP contribution >= 0.6 is 0 Å². The van der Waals surface area contributed by atoms with Gasteiger partial charge < -0.3 is 24.0 Å². The van der Waals surface area contributed by atoms with Crippen molar-refractivity contribution in [2.75, 3.05) is 19.7 Å². The zero-order chi connectivity index (χ0) is 23.4. The molecule has 1 amide bonds. The number of hydrogen-bond donors (Lipinski definition) is 1. The molecule has 3 aliphatic rings. The van der Waals surface area contributed by atoms with Crippen molar-refractivity contribution in [3.05, 3.63) is 36.3 Å². The fraction of sp³-hybridized carbons (Fsp3) is 0.654. The van der Waals surface area contributed by atoms with Gasteiger partial charge in [-0.05, 0) is 87.9 Å². The van der Waals surface area contributed by atoms with Crippen LogP contribution < -0.4 is 0 Å². The molecule has 5 rings (SSSR count). The molecule has 3 saturated heterocycles. The molecular weight excluding hydrogens is 423 g/mol. The summed E-state index contributed by atoms with van der Waals surface area (Å²) in [7, 11) is 0. The van der Waals surface area contributed by atoms with Crippen molar-refractivity contribution in [3.8, 4) is 0 Å². The summed E-state index contributed by atoms with van der Waals surface area (Å²) in [5.74, 6) is -0.223. The number of aliphatic hydroxyl groups is 1. The van der Waals surface area contributed by atoms with Gasteiger partial charge in [-0.2, -0.15) is 0 Å². The Bertz CT molecular complexity index is 1040. The number of carbonyl (C=O) groups excluding carboxylic acids is 1. The van der Waals surface area contributed by atoms with E-state index >= 15 is 0 Å². The van der Waals surface area contributed by atoms with Crippen LogP contribution in [0.15, 0.2) is 30.5 Å². The number of amides is 1. The number of fused-ring (bicyclic) bond motifs is 1. The molecule has 0 unspecified atom stereocenters. The second-order valence-corrected chi connectivity index (χ2v) is 11.1. The van der Waals surface area contributed by atoms with E-state index < -0.39 is 17.3 Å². The third-order valence-corrected chi connectivity index (χ3v) is 8.32. The summed E-state index contributed by atoms with van der Waals surface area (Å²) in [6.07, 6.45) is 5.67. The van der Waals surface area contributed by atoms with Crippen molar-refractivity contribution >= 4 is 16.8 Å². The number of aliphatic hydroxyl groups excluding tert-OH is 1. The van der Waals surface area contributed by atoms with E-state index in [0.717, 1.165) is 43.0 Å². The van der Waals surface area contributed by atoms with Gasteiger partial charge in [-0.15, -0.1) is 0 Å². The largest absolute Gasteiger partial charge is 0.390 e. The fourth-order valence-corrected chi connectivity index (χ4v) is 6.02. The highest BCUT2D eigenvalue weighted by molar-refractivity contribution is 5.83. The number of hydrogen-bond acceptors (Lipinski definition) is 4. The molecule has 3 fully saturated rings. The fourth-order valence-electron chi connectivity index (χ4n) is 6.02. The van der Waals surface area contributed by atoms with Crippen molar-refractivity contribution in [2.24, 2.45) is 5.41 Å². The molecular formula is C26H35FN2O4. The Balaban J connectivity index is 1.19. The second-order valence-electron chi connectivity index (χ2n) is 11.1. The van der Waals surface area contributed by atoms with Crippen LogP contribution in [-0.2, 0) is 20.8 Å². The van der Waals surface area contributed by atoms with E-state index in [1.807, 2.05) is 35.6 Å². The molecule has 7 heteroatoms. The van der Waals surface area contributed by atoms with E-state index in [9.17, 15) is 14.3 Å². The van der Waals surface area contributed by atoms with E-state index in [1.54, 1.807) is 6.07 Å². The molecule has 1 aromatic carbocycles. The van der Waals surface area contributed by atoms with Crippen molar-refractivity contribution in [1.29, 1.82) is 0 Å². The topological polar surface area (TPSA) is 63.9 Å². The summed E-state index contributed by atoms with van der Waals surface area (Å²) in [5.41, 5.74) is -0.146. The minimum absolute atomic E-state index is 0.00709. The number of benzene rings is 1. The zero-order valence-electron chi connectivity index (χ0n) is 19.8. The van der Waals surface area contributed by atoms with Crippen LogP contribution in [0.2, 0.25) is 0 Å². The lowest BCUT2D eigenvalue weighted by Crippen LogP contribution is -2.56. The summed E-state index contributed by atoms with van der Waals surface area (Å²) in [5, 5.41) is 11.2. The molecule has 180 valence electrons. The van der Waals surface area contributed by atoms with Gasteiger partial charge in [0, 0.05) is 19.3 Å². The molecule has 3 aliphatic heterocycles. The second kappa shape index (κ2) is 8.07. The number of rotatable bonds is 3. The minimum atomic E-state index is -0.576. The minimum Gasteiger partial charge on any atom is -0.390 e. The predicted molar refractivity (Wildman–Crippen MR) is 123 cm³/mol. The molecule has 0 bridgehead atoms. The van der Waals surface area contributed by atoms with Gasteiger partial charge in [-0.1, -0.05) is 0 Å². The number of carbonyl (C=O) groups is 1. The van der Waals surface area contributed by atoms with Gasteiger partial charge in [0.15, 0.2) is 0 Å². The Morgan fingerprint density at radius 2 is 1.94 bits per heavy atom. The van der Waals surface area contributed by atoms with E-state index in [1.165, 1.54) is 12.1 Å². The quantitative estimate of drug-likeness (QED) is 0.758. The standard InChI is InChI=1S/C26H35FN2O4/c1-24(2)21(30)6-8-25(3,33-24)22-15-26(17-32-22)9-12-28(13-10-26)23(31)16-29-11-7-18-4-5-19(27)14-20(18)29/h4-5,7,11,14,21-22,30H,6,8-10,12-13,15-17H2,1-3H3/t21-,22+,25+/m0/s1. The smallest absolute Gasteiger partial charge is 0.242 e. The van der Waals surface area contributed by atoms with Gasteiger partial charge in [0.2, 0.25) is 5.91 Å². The number of halogens is 1. The van der Waals surface area contributed by atoms with Crippen LogP contribution in [0.25, 0.3) is 10.9 Å². The lowest BCUT2D eigenvalue weighted by molar-refractivity contribution is -0.245. The van der Waals surface area contributed by atoms with Gasteiger partial charge in [0.25, 0.3) is 0 Å². The highest BCUT2D eigenvalue weighted by Gasteiger charge is 2.53. The van der Waals surface area contributed by atoms with E-state index in [-0.39, 0.29) is 29.8 Å². The molecule has 33 heavy (non-hydrogen) atoms. The van der Waals surface area contributed by atoms with E-state index in [2.05, 4.69) is 6.92 Å². The van der Waals surface area contributed by atoms with Crippen LogP contribution in [0, 0.1) is 11.2 Å². The number of ether oxygens (including phenoxy) is 2. The maximum atomic E-state index is 13.7. The zero-order valence-corrected chi connectivity index (χ0v) is 19.8. The van der Waals surface area contributed by atoms with Crippen molar-refractivity contribution in [3.63, 3.8) is 0 Å². The monoisotopic (exact) mass is 458 g/mol. The number of likely N-dealkylation sites (tertiary alicyclic amines) is 1. The Labute approximate surface area is 194 Å². The molecule has 6 nitrogen and oxygen atoms in total. The molecule has 1 N–H and O–H groups in total. The third-order valence-electron chi connectivity index (χ3n) is 8.32. The molecule has 3 atom stereocenters. The van der Waals surface area contributed by atoms with Crippen molar-refractivity contribution in [2.45, 2.75) is 82.8 Å². The van der Waals surface area contributed by atoms with Crippen LogP contribution in [0.1, 0.15) is 52.9 Å². The summed E-state index contributed by atoms with van der Waals surface area (Å²) < 4.78 is 28.2. The van der Waals surface area contributed by atoms with Gasteiger partial charge in [-0.25, -0.2) is 4.39 Å². The Kier molecular flexibility index (Phi) is 5.58. The summed E-state index contributed by atoms with van der Waals surface area (Å²) in [4.78, 5) is 14.9. The molecule has 0 aliphatic carbocycles. The molecule has 1 spiro atoms. The highest BCUT2D eigenvalue weighted by Crippen LogP contribution is 2.49. The number of nitrogens with zero attached hydrogens (tertiary/aromatic N) is 2. The summed E-state index contributed by atoms with van der Waals surface area (Å²) in [6.45, 7) is 8.37. The number of piperidine rings is 1. The Morgan fingerprint density at radius 3 is 2.67 bits per heavy atom. The first kappa shape index (κ1) is 22.8. The molecule has 0 radical (unpaired) electrons. The van der Waals surface area contributed by atoms with E-state index in [4.69, 9.17) is 9.47 Å². The van der Waals surface area contributed by atoms with Crippen molar-refractivity contribution in [1.82, 2.24) is 9.47 Å². The van der Waals surface area contributed by atoms with Crippen LogP contribution in [0.3, 0.4) is 0 Å². The molecule has 0 saturated carbocycles. The number of aromatic nitrogens is 1. The van der Waals surface area contributed by atoms with Crippen LogP contribution in [-0.4, -0.2) is 63.6 Å².